The Labute approximate surface area is 305 Å². The largest absolute Gasteiger partial charge is 0.391 e. The van der Waals surface area contributed by atoms with Crippen molar-refractivity contribution < 1.29 is 38.8 Å². The third-order valence-corrected chi connectivity index (χ3v) is 8.01. The number of non-ortho nitro benzene ring substituents is 1. The summed E-state index contributed by atoms with van der Waals surface area (Å²) in [6, 6.07) is 14.4. The predicted octanol–water partition coefficient (Wildman–Crippen LogP) is 0.658. The van der Waals surface area contributed by atoms with Crippen molar-refractivity contribution in [1.29, 1.82) is 0 Å². The third kappa shape index (κ3) is 12.5. The number of nitrogens with zero attached hydrogens (tertiary/aromatic N) is 1. The highest BCUT2D eigenvalue weighted by atomic mass is 16.6. The van der Waals surface area contributed by atoms with Gasteiger partial charge in [-0.25, -0.2) is 0 Å². The second-order valence-corrected chi connectivity index (χ2v) is 12.2. The number of benzene rings is 3. The zero-order valence-corrected chi connectivity index (χ0v) is 29.2. The number of carbonyl (C=O) groups excluding carboxylic acids is 6. The minimum atomic E-state index is -1.49. The molecule has 3 rings (SSSR count). The van der Waals surface area contributed by atoms with Crippen LogP contribution in [0.25, 0.3) is 0 Å². The number of nitrogens with two attached hydrogens (primary N) is 2. The van der Waals surface area contributed by atoms with Crippen LogP contribution in [-0.2, 0) is 25.6 Å². The molecule has 3 aromatic carbocycles. The van der Waals surface area contributed by atoms with Crippen LogP contribution in [-0.4, -0.2) is 82.3 Å². The number of rotatable bonds is 19. The van der Waals surface area contributed by atoms with E-state index in [-0.39, 0.29) is 42.7 Å². The number of amides is 6. The van der Waals surface area contributed by atoms with Gasteiger partial charge in [-0.2, -0.15) is 0 Å². The normalized spacial score (nSPS) is 13.6. The molecule has 0 aliphatic carbocycles. The molecular weight excluding hydrogens is 688 g/mol. The molecule has 0 fully saturated rings. The first-order valence-electron chi connectivity index (χ1n) is 16.8. The molecule has 17 heteroatoms. The van der Waals surface area contributed by atoms with Gasteiger partial charge in [0.05, 0.1) is 11.0 Å². The second kappa shape index (κ2) is 20.0. The van der Waals surface area contributed by atoms with E-state index in [1.54, 1.807) is 37.3 Å². The van der Waals surface area contributed by atoms with Gasteiger partial charge in [-0.15, -0.1) is 0 Å². The molecule has 0 aromatic heterocycles. The summed E-state index contributed by atoms with van der Waals surface area (Å²) >= 11 is 0. The van der Waals surface area contributed by atoms with Crippen LogP contribution in [0.2, 0.25) is 0 Å². The highest BCUT2D eigenvalue weighted by molar-refractivity contribution is 6.02. The van der Waals surface area contributed by atoms with Gasteiger partial charge in [0.15, 0.2) is 0 Å². The monoisotopic (exact) mass is 732 g/mol. The number of nitrogens with one attached hydrogen (secondary N) is 5. The first-order valence-corrected chi connectivity index (χ1v) is 16.8. The molecule has 0 saturated carbocycles. The van der Waals surface area contributed by atoms with Gasteiger partial charge in [-0.3, -0.25) is 38.9 Å². The van der Waals surface area contributed by atoms with Crippen LogP contribution >= 0.6 is 0 Å². The molecule has 0 unspecified atom stereocenters. The molecule has 17 nitrogen and oxygen atoms in total. The highest BCUT2D eigenvalue weighted by Gasteiger charge is 2.31. The lowest BCUT2D eigenvalue weighted by Crippen LogP contribution is -2.58. The number of carbonyl (C=O) groups is 6. The SMILES string of the molecule is CCC[C@H](NC(=O)[C@H](CCN)NC(=O)c1ccccc1)C(=O)N[C@H](C(=O)Nc1cccc(C(=O)N[C@H](Cc2ccc([N+](=O)[O-])cc2)C(N)=O)c1)[C@@H](C)O. The van der Waals surface area contributed by atoms with Gasteiger partial charge in [-0.1, -0.05) is 49.7 Å². The molecule has 10 N–H and O–H groups in total. The van der Waals surface area contributed by atoms with Gasteiger partial charge < -0.3 is 43.2 Å². The average molecular weight is 733 g/mol. The summed E-state index contributed by atoms with van der Waals surface area (Å²) in [5, 5.41) is 34.2. The highest BCUT2D eigenvalue weighted by Crippen LogP contribution is 2.15. The van der Waals surface area contributed by atoms with E-state index in [2.05, 4.69) is 26.6 Å². The number of nitro benzene ring substituents is 1. The number of anilines is 1. The summed E-state index contributed by atoms with van der Waals surface area (Å²) < 4.78 is 0. The van der Waals surface area contributed by atoms with Crippen LogP contribution < -0.4 is 38.1 Å². The van der Waals surface area contributed by atoms with Gasteiger partial charge in [0.2, 0.25) is 23.6 Å². The molecule has 0 bridgehead atoms. The van der Waals surface area contributed by atoms with E-state index >= 15 is 0 Å². The van der Waals surface area contributed by atoms with E-state index in [9.17, 15) is 44.0 Å². The van der Waals surface area contributed by atoms with Crippen molar-refractivity contribution in [3.05, 3.63) is 106 Å². The van der Waals surface area contributed by atoms with E-state index in [0.717, 1.165) is 0 Å². The van der Waals surface area contributed by atoms with Crippen LogP contribution in [0.3, 0.4) is 0 Å². The number of aliphatic hydroxyl groups is 1. The van der Waals surface area contributed by atoms with E-state index in [0.29, 0.717) is 17.5 Å². The summed E-state index contributed by atoms with van der Waals surface area (Å²) in [6.45, 7) is 3.14. The van der Waals surface area contributed by atoms with Gasteiger partial charge >= 0.3 is 0 Å². The number of aliphatic hydroxyl groups excluding tert-OH is 1. The molecule has 0 heterocycles. The smallest absolute Gasteiger partial charge is 0.269 e. The lowest BCUT2D eigenvalue weighted by Gasteiger charge is -2.26. The Hall–Kier alpha value is -6.20. The van der Waals surface area contributed by atoms with Gasteiger partial charge in [0.25, 0.3) is 17.5 Å². The lowest BCUT2D eigenvalue weighted by atomic mass is 10.0. The standard InChI is InChI=1S/C36H44N8O9/c1-3-8-27(41-34(49)28(17-18-37)40-32(47)23-9-5-4-6-10-23)35(50)43-30(21(2)45)36(51)39-25-12-7-11-24(20-25)33(48)42-29(31(38)46)19-22-13-15-26(16-14-22)44(52)53/h4-7,9-16,20-21,27-30,45H,3,8,17-19,37H2,1-2H3,(H2,38,46)(H,39,51)(H,40,47)(H,41,49)(H,42,48)(H,43,50)/t21-,27+,28+,29-,30+/m1/s1. The van der Waals surface area contributed by atoms with E-state index in [1.165, 1.54) is 55.5 Å². The van der Waals surface area contributed by atoms with E-state index in [4.69, 9.17) is 11.5 Å². The van der Waals surface area contributed by atoms with E-state index in [1.807, 2.05) is 0 Å². The van der Waals surface area contributed by atoms with Crippen molar-refractivity contribution in [3.63, 3.8) is 0 Å². The van der Waals surface area contributed by atoms with Crippen molar-refractivity contribution in [2.75, 3.05) is 11.9 Å². The molecule has 0 radical (unpaired) electrons. The summed E-state index contributed by atoms with van der Waals surface area (Å²) in [5.74, 6) is -4.32. The van der Waals surface area contributed by atoms with Crippen molar-refractivity contribution in [1.82, 2.24) is 21.3 Å². The van der Waals surface area contributed by atoms with Crippen LogP contribution in [0.15, 0.2) is 78.9 Å². The Morgan fingerprint density at radius 3 is 1.92 bits per heavy atom. The lowest BCUT2D eigenvalue weighted by molar-refractivity contribution is -0.384. The maximum Gasteiger partial charge on any atom is 0.269 e. The Morgan fingerprint density at radius 1 is 0.755 bits per heavy atom. The fourth-order valence-electron chi connectivity index (χ4n) is 5.17. The first-order chi connectivity index (χ1) is 25.2. The molecule has 0 saturated heterocycles. The van der Waals surface area contributed by atoms with Crippen molar-refractivity contribution in [3.8, 4) is 0 Å². The van der Waals surface area contributed by atoms with Gasteiger partial charge in [-0.05, 0) is 62.2 Å². The van der Waals surface area contributed by atoms with Gasteiger partial charge in [0.1, 0.15) is 24.2 Å². The summed E-state index contributed by atoms with van der Waals surface area (Å²) in [5.41, 5.74) is 12.0. The zero-order valence-electron chi connectivity index (χ0n) is 29.2. The maximum atomic E-state index is 13.4. The van der Waals surface area contributed by atoms with Crippen molar-refractivity contribution in [2.45, 2.75) is 69.8 Å². The minimum absolute atomic E-state index is 0.0347. The Kier molecular flexibility index (Phi) is 15.6. The fourth-order valence-corrected chi connectivity index (χ4v) is 5.17. The summed E-state index contributed by atoms with van der Waals surface area (Å²) in [4.78, 5) is 88.2. The molecule has 53 heavy (non-hydrogen) atoms. The topological polar surface area (TPSA) is 278 Å². The molecule has 282 valence electrons. The minimum Gasteiger partial charge on any atom is -0.391 e. The van der Waals surface area contributed by atoms with Crippen molar-refractivity contribution in [2.24, 2.45) is 11.5 Å². The number of primary amides is 1. The molecule has 0 aliphatic heterocycles. The second-order valence-electron chi connectivity index (χ2n) is 12.2. The number of hydrogen-bond acceptors (Lipinski definition) is 10. The van der Waals surface area contributed by atoms with Crippen LogP contribution in [0.4, 0.5) is 11.4 Å². The molecular formula is C36H44N8O9. The Morgan fingerprint density at radius 2 is 1.34 bits per heavy atom. The molecule has 0 aliphatic rings. The summed E-state index contributed by atoms with van der Waals surface area (Å²) in [7, 11) is 0. The molecule has 0 spiro atoms. The number of hydrogen-bond donors (Lipinski definition) is 8. The fraction of sp³-hybridized carbons (Fsp3) is 0.333. The van der Waals surface area contributed by atoms with Crippen molar-refractivity contribution >= 4 is 46.8 Å². The summed E-state index contributed by atoms with van der Waals surface area (Å²) in [6.07, 6.45) is -0.721. The third-order valence-electron chi connectivity index (χ3n) is 8.01. The van der Waals surface area contributed by atoms with Gasteiger partial charge in [0, 0.05) is 35.4 Å². The maximum absolute atomic E-state index is 13.4. The first kappa shape index (κ1) is 41.2. The Balaban J connectivity index is 1.67. The van der Waals surface area contributed by atoms with Crippen LogP contribution in [0.5, 0.6) is 0 Å². The zero-order chi connectivity index (χ0) is 39.1. The van der Waals surface area contributed by atoms with Crippen LogP contribution in [0.1, 0.15) is 59.4 Å². The Bertz CT molecular complexity index is 1770. The molecule has 6 amide bonds. The van der Waals surface area contributed by atoms with E-state index < -0.39 is 70.6 Å². The average Bonchev–Trinajstić information content (AvgIpc) is 3.13. The molecule has 3 aromatic rings. The predicted molar refractivity (Wildman–Crippen MR) is 194 cm³/mol. The van der Waals surface area contributed by atoms with Crippen LogP contribution in [0, 0.1) is 10.1 Å². The molecule has 5 atom stereocenters. The quantitative estimate of drug-likeness (QED) is 0.0630. The number of nitro groups is 1.